The smallest absolute Gasteiger partial charge is 0.488 e. The molecule has 0 amide bonds. The van der Waals surface area contributed by atoms with Gasteiger partial charge in [-0.05, 0) is 40.9 Å². The molecule has 0 atom stereocenters. The van der Waals surface area contributed by atoms with Gasteiger partial charge in [-0.15, -0.1) is 77.6 Å². The van der Waals surface area contributed by atoms with E-state index in [1.807, 2.05) is 42.5 Å². The van der Waals surface area contributed by atoms with Crippen molar-refractivity contribution < 1.29 is 20.1 Å². The van der Waals surface area contributed by atoms with Crippen molar-refractivity contribution in [1.82, 2.24) is 4.98 Å². The molecular formula is C37H28IrN3. The van der Waals surface area contributed by atoms with Gasteiger partial charge in [0.15, 0.2) is 0 Å². The minimum absolute atomic E-state index is 0. The molecule has 2 aliphatic heterocycles. The molecule has 41 heavy (non-hydrogen) atoms. The number of anilines is 4. The van der Waals surface area contributed by atoms with Gasteiger partial charge in [0.05, 0.1) is 0 Å². The first-order chi connectivity index (χ1) is 19.6. The molecule has 8 rings (SSSR count). The molecule has 2 aliphatic rings. The quantitative estimate of drug-likeness (QED) is 0.168. The summed E-state index contributed by atoms with van der Waals surface area (Å²) in [4.78, 5) is 8.83. The van der Waals surface area contributed by atoms with Gasteiger partial charge in [-0.1, -0.05) is 79.7 Å². The monoisotopic (exact) mass is 707 g/mol. The summed E-state index contributed by atoms with van der Waals surface area (Å²) in [6.45, 7) is 6.86. The second-order valence-electron chi connectivity index (χ2n) is 10.6. The summed E-state index contributed by atoms with van der Waals surface area (Å²) in [6.07, 6.45) is 1.79. The van der Waals surface area contributed by atoms with Crippen molar-refractivity contribution in [3.8, 4) is 11.3 Å². The Hall–Kier alpha value is -4.24. The van der Waals surface area contributed by atoms with Gasteiger partial charge in [0.25, 0.3) is 0 Å². The third-order valence-corrected chi connectivity index (χ3v) is 7.79. The number of aromatic nitrogens is 1. The van der Waals surface area contributed by atoms with Crippen LogP contribution in [0.15, 0.2) is 128 Å². The molecule has 0 saturated heterocycles. The van der Waals surface area contributed by atoms with E-state index in [0.717, 1.165) is 22.3 Å². The predicted octanol–water partition coefficient (Wildman–Crippen LogP) is 9.23. The topological polar surface area (TPSA) is 19.4 Å². The minimum Gasteiger partial charge on any atom is -0.488 e. The Balaban J connectivity index is 0.000000196. The average Bonchev–Trinajstić information content (AvgIpc) is 3.41. The van der Waals surface area contributed by atoms with Gasteiger partial charge in [-0.2, -0.15) is 0 Å². The largest absolute Gasteiger partial charge is 3.00 e. The summed E-state index contributed by atoms with van der Waals surface area (Å²) >= 11 is 0. The van der Waals surface area contributed by atoms with Gasteiger partial charge in [0.1, 0.15) is 0 Å². The van der Waals surface area contributed by atoms with E-state index in [4.69, 9.17) is 0 Å². The molecule has 5 aromatic carbocycles. The maximum Gasteiger partial charge on any atom is 3.00 e. The van der Waals surface area contributed by atoms with E-state index >= 15 is 0 Å². The van der Waals surface area contributed by atoms with Crippen LogP contribution in [0.3, 0.4) is 0 Å². The minimum atomic E-state index is -0.0851. The molecule has 0 aliphatic carbocycles. The Morgan fingerprint density at radius 3 is 2.29 bits per heavy atom. The number of benzene rings is 5. The third-order valence-electron chi connectivity index (χ3n) is 7.79. The number of hydrogen-bond donors (Lipinski definition) is 0. The van der Waals surface area contributed by atoms with Gasteiger partial charge < -0.3 is 14.8 Å². The van der Waals surface area contributed by atoms with Crippen LogP contribution in [0.25, 0.3) is 22.0 Å². The first-order valence-corrected chi connectivity index (χ1v) is 13.6. The average molecular weight is 707 g/mol. The number of fused-ring (bicyclic) bond motifs is 3. The first kappa shape index (κ1) is 27.0. The molecule has 0 radical (unpaired) electrons. The number of rotatable bonds is 2. The van der Waals surface area contributed by atoms with Crippen molar-refractivity contribution >= 4 is 33.5 Å². The third kappa shape index (κ3) is 4.74. The van der Waals surface area contributed by atoms with Crippen LogP contribution in [0.2, 0.25) is 0 Å². The molecule has 0 N–H and O–H groups in total. The molecular weight excluding hydrogens is 679 g/mol. The summed E-state index contributed by atoms with van der Waals surface area (Å²) in [5.74, 6) is 0. The maximum absolute atomic E-state index is 4.22. The van der Waals surface area contributed by atoms with E-state index < -0.39 is 0 Å². The Kier molecular flexibility index (Phi) is 7.21. The fraction of sp³-hybridized carbons (Fsp3) is 0.0811. The van der Waals surface area contributed by atoms with Crippen molar-refractivity contribution in [3.63, 3.8) is 0 Å². The van der Waals surface area contributed by atoms with Crippen LogP contribution in [0.5, 0.6) is 0 Å². The van der Waals surface area contributed by atoms with Crippen LogP contribution >= 0.6 is 0 Å². The summed E-state index contributed by atoms with van der Waals surface area (Å²) in [7, 11) is 0. The van der Waals surface area contributed by atoms with Crippen LogP contribution in [-0.4, -0.2) is 4.98 Å². The van der Waals surface area contributed by atoms with Crippen molar-refractivity contribution in [3.05, 3.63) is 157 Å². The van der Waals surface area contributed by atoms with E-state index in [-0.39, 0.29) is 25.5 Å². The van der Waals surface area contributed by atoms with Gasteiger partial charge in [-0.3, -0.25) is 0 Å². The zero-order chi connectivity index (χ0) is 27.1. The Labute approximate surface area is 255 Å². The van der Waals surface area contributed by atoms with Crippen LogP contribution in [-0.2, 0) is 25.5 Å². The number of pyridine rings is 1. The van der Waals surface area contributed by atoms with Gasteiger partial charge in [0.2, 0.25) is 0 Å². The van der Waals surface area contributed by atoms with Crippen molar-refractivity contribution in [1.29, 1.82) is 0 Å². The van der Waals surface area contributed by atoms with Crippen molar-refractivity contribution in [2.24, 2.45) is 0 Å². The summed E-state index contributed by atoms with van der Waals surface area (Å²) in [5, 5.41) is 2.40. The molecule has 4 heteroatoms. The molecule has 6 aromatic rings. The van der Waals surface area contributed by atoms with Crippen LogP contribution in [0, 0.1) is 18.8 Å². The molecule has 1 aromatic heterocycles. The SMILES string of the molecule is CC1(C)c2cc3ccccc3[c-]c2N2[CH-]N(c3ccccc3)c3cccc1c32.[Ir+3].[c-]1ccccc1-c1ccccn1. The molecule has 0 saturated carbocycles. The molecule has 0 fully saturated rings. The van der Waals surface area contributed by atoms with Gasteiger partial charge >= 0.3 is 20.1 Å². The molecule has 3 nitrogen and oxygen atoms in total. The molecule has 200 valence electrons. The normalized spacial score (nSPS) is 13.9. The van der Waals surface area contributed by atoms with Gasteiger partial charge in [-0.25, -0.2) is 0 Å². The van der Waals surface area contributed by atoms with E-state index in [9.17, 15) is 0 Å². The first-order valence-electron chi connectivity index (χ1n) is 13.6. The second-order valence-corrected chi connectivity index (χ2v) is 10.6. The van der Waals surface area contributed by atoms with Crippen LogP contribution < -0.4 is 9.80 Å². The van der Waals surface area contributed by atoms with E-state index in [1.54, 1.807) is 6.20 Å². The van der Waals surface area contributed by atoms with Crippen LogP contribution in [0.4, 0.5) is 22.7 Å². The molecule has 0 unspecified atom stereocenters. The summed E-state index contributed by atoms with van der Waals surface area (Å²) in [6, 6.07) is 48.6. The Bertz CT molecular complexity index is 1760. The van der Waals surface area contributed by atoms with Gasteiger partial charge in [0, 0.05) is 23.3 Å². The number of para-hydroxylation sites is 2. The Morgan fingerprint density at radius 1 is 0.732 bits per heavy atom. The van der Waals surface area contributed by atoms with E-state index in [2.05, 4.69) is 126 Å². The summed E-state index contributed by atoms with van der Waals surface area (Å²) in [5.41, 5.74) is 9.43. The zero-order valence-corrected chi connectivity index (χ0v) is 25.3. The van der Waals surface area contributed by atoms with E-state index in [0.29, 0.717) is 0 Å². The fourth-order valence-corrected chi connectivity index (χ4v) is 5.72. The Morgan fingerprint density at radius 2 is 1.51 bits per heavy atom. The maximum atomic E-state index is 4.22. The second kappa shape index (κ2) is 11.0. The van der Waals surface area contributed by atoms with Crippen molar-refractivity contribution in [2.75, 3.05) is 9.80 Å². The van der Waals surface area contributed by atoms with Crippen LogP contribution in [0.1, 0.15) is 25.0 Å². The number of nitrogens with zero attached hydrogens (tertiary/aromatic N) is 3. The fourth-order valence-electron chi connectivity index (χ4n) is 5.72. The summed E-state index contributed by atoms with van der Waals surface area (Å²) < 4.78 is 0. The zero-order valence-electron chi connectivity index (χ0n) is 22.9. The van der Waals surface area contributed by atoms with Crippen molar-refractivity contribution in [2.45, 2.75) is 19.3 Å². The standard InChI is InChI=1S/C26H20N2.C11H8N.Ir/c1-26(2)21-13-8-14-23-25(21)28(17-27(23)20-11-4-3-5-12-20)24-16-19-10-7-6-9-18(19)15-22(24)26;1-2-6-10(7-3-1)11-8-4-5-9-12-11;/h3-15,17H,1-2H3;1-6,8-9H;/q-2;-1;+3. The number of hydrogen-bond acceptors (Lipinski definition) is 3. The molecule has 3 heterocycles. The predicted molar refractivity (Wildman–Crippen MR) is 165 cm³/mol. The molecule has 0 bridgehead atoms. The molecule has 0 spiro atoms. The van der Waals surface area contributed by atoms with E-state index in [1.165, 1.54) is 33.6 Å².